The third-order valence-corrected chi connectivity index (χ3v) is 9.84. The van der Waals surface area contributed by atoms with Gasteiger partial charge in [0, 0.05) is 42.2 Å². The van der Waals surface area contributed by atoms with Gasteiger partial charge in [0.05, 0.1) is 6.04 Å². The van der Waals surface area contributed by atoms with Gasteiger partial charge in [0.1, 0.15) is 11.6 Å². The molecule has 4 aliphatic carbocycles. The van der Waals surface area contributed by atoms with Crippen molar-refractivity contribution in [2.45, 2.75) is 63.1 Å². The Morgan fingerprint density at radius 2 is 1.62 bits per heavy atom. The summed E-state index contributed by atoms with van der Waals surface area (Å²) in [6, 6.07) is 16.2. The number of amides is 3. The summed E-state index contributed by atoms with van der Waals surface area (Å²) in [5.74, 6) is -0.0471. The highest BCUT2D eigenvalue weighted by Gasteiger charge is 2.50. The average Bonchev–Trinajstić information content (AvgIpc) is 3.42. The van der Waals surface area contributed by atoms with Crippen LogP contribution in [0.15, 0.2) is 72.9 Å². The number of hydrogen-bond donors (Lipinski definition) is 5. The second-order valence-electron chi connectivity index (χ2n) is 13.1. The lowest BCUT2D eigenvalue weighted by molar-refractivity contribution is -0.131. The number of aliphatic carboxylic acids is 1. The first-order valence-electron chi connectivity index (χ1n) is 15.8. The number of aromatic amines is 1. The maximum atomic E-state index is 14.0. The number of H-pyrrole nitrogens is 1. The molecule has 5 N–H and O–H groups in total. The lowest BCUT2D eigenvalue weighted by Gasteiger charge is -2.53. The summed E-state index contributed by atoms with van der Waals surface area (Å²) in [6.07, 6.45) is 8.72. The maximum Gasteiger partial charge on any atom is 0.408 e. The van der Waals surface area contributed by atoms with E-state index in [0.717, 1.165) is 71.7 Å². The van der Waals surface area contributed by atoms with Gasteiger partial charge in [-0.3, -0.25) is 9.59 Å². The smallest absolute Gasteiger partial charge is 0.408 e. The Balaban J connectivity index is 1.20. The van der Waals surface area contributed by atoms with Crippen LogP contribution in [0.3, 0.4) is 0 Å². The van der Waals surface area contributed by atoms with Gasteiger partial charge >= 0.3 is 12.1 Å². The largest absolute Gasteiger partial charge is 0.478 e. The molecule has 1 aromatic heterocycles. The molecule has 2 aromatic carbocycles. The number of benzene rings is 2. The van der Waals surface area contributed by atoms with Crippen molar-refractivity contribution in [1.82, 2.24) is 20.9 Å². The Morgan fingerprint density at radius 3 is 2.31 bits per heavy atom. The van der Waals surface area contributed by atoms with Gasteiger partial charge in [-0.1, -0.05) is 48.5 Å². The van der Waals surface area contributed by atoms with E-state index in [1.165, 1.54) is 6.42 Å². The van der Waals surface area contributed by atoms with Crippen LogP contribution < -0.4 is 16.0 Å². The Hall–Kier alpha value is -4.60. The fourth-order valence-corrected chi connectivity index (χ4v) is 7.98. The number of para-hydroxylation sites is 1. The van der Waals surface area contributed by atoms with E-state index in [1.54, 1.807) is 6.92 Å². The molecule has 45 heavy (non-hydrogen) atoms. The van der Waals surface area contributed by atoms with Gasteiger partial charge in [-0.2, -0.15) is 0 Å². The zero-order chi connectivity index (χ0) is 31.6. The second kappa shape index (κ2) is 12.8. The first-order chi connectivity index (χ1) is 21.7. The zero-order valence-electron chi connectivity index (χ0n) is 25.3. The maximum absolute atomic E-state index is 14.0. The van der Waals surface area contributed by atoms with Crippen molar-refractivity contribution in [2.75, 3.05) is 6.54 Å². The number of carbonyl (C=O) groups is 4. The number of carboxylic acid groups (broad SMARTS) is 1. The number of nitrogens with one attached hydrogen (secondary N) is 4. The monoisotopic (exact) mass is 612 g/mol. The minimum absolute atomic E-state index is 0.00521. The Labute approximate surface area is 262 Å². The van der Waals surface area contributed by atoms with Crippen molar-refractivity contribution in [3.8, 4) is 0 Å². The minimum Gasteiger partial charge on any atom is -0.478 e. The fourth-order valence-electron chi connectivity index (χ4n) is 7.98. The fraction of sp³-hybridized carbons (Fsp3) is 0.429. The second-order valence-corrected chi connectivity index (χ2v) is 13.1. The van der Waals surface area contributed by atoms with Gasteiger partial charge in [-0.15, -0.1) is 0 Å². The summed E-state index contributed by atoms with van der Waals surface area (Å²) in [5, 5.41) is 18.5. The number of alkyl carbamates (subject to hydrolysis) is 1. The first kappa shape index (κ1) is 30.4. The van der Waals surface area contributed by atoms with Gasteiger partial charge < -0.3 is 30.8 Å². The summed E-state index contributed by atoms with van der Waals surface area (Å²) >= 11 is 0. The van der Waals surface area contributed by atoms with E-state index in [1.807, 2.05) is 60.8 Å². The van der Waals surface area contributed by atoms with Gasteiger partial charge in [0.25, 0.3) is 0 Å². The number of carboxylic acids is 1. The van der Waals surface area contributed by atoms with Gasteiger partial charge in [0.2, 0.25) is 11.8 Å². The van der Waals surface area contributed by atoms with Crippen LogP contribution in [-0.2, 0) is 25.5 Å². The molecular weight excluding hydrogens is 572 g/mol. The van der Waals surface area contributed by atoms with Crippen molar-refractivity contribution >= 4 is 34.8 Å². The molecule has 4 saturated carbocycles. The molecule has 236 valence electrons. The normalized spacial score (nSPS) is 25.4. The summed E-state index contributed by atoms with van der Waals surface area (Å²) in [6.45, 7) is 1.69. The van der Waals surface area contributed by atoms with Crippen LogP contribution in [-0.4, -0.2) is 52.2 Å². The van der Waals surface area contributed by atoms with Crippen molar-refractivity contribution in [1.29, 1.82) is 0 Å². The van der Waals surface area contributed by atoms with Crippen LogP contribution in [0, 0.1) is 23.7 Å². The molecule has 1 heterocycles. The highest BCUT2D eigenvalue weighted by atomic mass is 16.6. The van der Waals surface area contributed by atoms with E-state index in [0.29, 0.717) is 11.8 Å². The van der Waals surface area contributed by atoms with Crippen LogP contribution in [0.4, 0.5) is 4.79 Å². The lowest BCUT2D eigenvalue weighted by atomic mass is 9.55. The van der Waals surface area contributed by atoms with E-state index >= 15 is 0 Å². The molecule has 2 atom stereocenters. The van der Waals surface area contributed by atoms with E-state index < -0.39 is 35.5 Å². The zero-order valence-corrected chi connectivity index (χ0v) is 25.3. The number of carbonyl (C=O) groups excluding carboxylic acids is 3. The quantitative estimate of drug-likeness (QED) is 0.199. The summed E-state index contributed by atoms with van der Waals surface area (Å²) < 4.78 is 6.12. The standard InChI is InChI=1S/C35H40N4O6/c1-35(18-26-19-36-28-10-6-5-9-27(26)28,39-34(44)45-32-24-14-21-13-22(16-24)17-25(32)15-21)33(43)37-20-29(23-7-3-2-4-8-23)38-30(40)11-12-31(41)42/h2-12,19,21-22,24-25,29,32,36H,13-18,20H2,1H3,(H,37,43)(H,38,40)(H,39,44)(H,41,42)/b12-11+/t21?,22?,24?,25?,29-,32?,35+/m0/s1. The molecule has 4 fully saturated rings. The summed E-state index contributed by atoms with van der Waals surface area (Å²) in [7, 11) is 0. The SMILES string of the molecule is C[C@](Cc1c[nH]c2ccccc12)(NC(=O)OC1C2CC3CC(C2)CC1C3)C(=O)NC[C@H](NC(=O)/C=C/C(=O)O)c1ccccc1. The van der Waals surface area contributed by atoms with Gasteiger partial charge in [-0.25, -0.2) is 9.59 Å². The highest BCUT2D eigenvalue weighted by molar-refractivity contribution is 5.94. The molecule has 0 radical (unpaired) electrons. The number of ether oxygens (including phenoxy) is 1. The average molecular weight is 613 g/mol. The molecule has 10 heteroatoms. The molecule has 0 saturated heterocycles. The Morgan fingerprint density at radius 1 is 0.956 bits per heavy atom. The Kier molecular flexibility index (Phi) is 8.65. The van der Waals surface area contributed by atoms with Crippen LogP contribution >= 0.6 is 0 Å². The van der Waals surface area contributed by atoms with Gasteiger partial charge in [0.15, 0.2) is 0 Å². The molecule has 0 spiro atoms. The lowest BCUT2D eigenvalue weighted by Crippen LogP contribution is -2.60. The Bertz CT molecular complexity index is 1570. The van der Waals surface area contributed by atoms with E-state index in [9.17, 15) is 19.2 Å². The molecular formula is C35H40N4O6. The van der Waals surface area contributed by atoms with Gasteiger partial charge in [-0.05, 0) is 79.9 Å². The third kappa shape index (κ3) is 6.90. The number of fused-ring (bicyclic) bond motifs is 1. The molecule has 10 nitrogen and oxygen atoms in total. The minimum atomic E-state index is -1.39. The van der Waals surface area contributed by atoms with Crippen LogP contribution in [0.25, 0.3) is 10.9 Å². The molecule has 4 aliphatic rings. The third-order valence-electron chi connectivity index (χ3n) is 9.84. The molecule has 3 aromatic rings. The molecule has 4 bridgehead atoms. The first-order valence-corrected chi connectivity index (χ1v) is 15.8. The van der Waals surface area contributed by atoms with Crippen LogP contribution in [0.1, 0.15) is 56.2 Å². The van der Waals surface area contributed by atoms with E-state index in [-0.39, 0.29) is 19.1 Å². The number of rotatable bonds is 11. The number of aromatic nitrogens is 1. The van der Waals surface area contributed by atoms with E-state index in [4.69, 9.17) is 9.84 Å². The predicted octanol–water partition coefficient (Wildman–Crippen LogP) is 4.63. The summed E-state index contributed by atoms with van der Waals surface area (Å²) in [5.41, 5.74) is 1.13. The van der Waals surface area contributed by atoms with E-state index in [2.05, 4.69) is 20.9 Å². The molecule has 7 rings (SSSR count). The van der Waals surface area contributed by atoms with Crippen LogP contribution in [0.2, 0.25) is 0 Å². The topological polar surface area (TPSA) is 150 Å². The number of hydrogen-bond acceptors (Lipinski definition) is 5. The summed E-state index contributed by atoms with van der Waals surface area (Å²) in [4.78, 5) is 54.2. The van der Waals surface area contributed by atoms with Crippen molar-refractivity contribution < 1.29 is 29.0 Å². The molecule has 0 aliphatic heterocycles. The van der Waals surface area contributed by atoms with Crippen molar-refractivity contribution in [3.05, 3.63) is 84.1 Å². The van der Waals surface area contributed by atoms with Crippen LogP contribution in [0.5, 0.6) is 0 Å². The molecule has 0 unspecified atom stereocenters. The highest BCUT2D eigenvalue weighted by Crippen LogP contribution is 2.54. The molecule has 3 amide bonds. The van der Waals surface area contributed by atoms with Crippen molar-refractivity contribution in [2.24, 2.45) is 23.7 Å². The predicted molar refractivity (Wildman–Crippen MR) is 168 cm³/mol. The van der Waals surface area contributed by atoms with Crippen molar-refractivity contribution in [3.63, 3.8) is 0 Å².